The van der Waals surface area contributed by atoms with Crippen molar-refractivity contribution in [2.45, 2.75) is 0 Å². The molecule has 18 heavy (non-hydrogen) atoms. The Balaban J connectivity index is 2.94. The summed E-state index contributed by atoms with van der Waals surface area (Å²) in [6.07, 6.45) is 1.96. The first-order valence-electron chi connectivity index (χ1n) is 4.71. The fraction of sp³-hybridized carbons (Fsp3) is 0. The maximum absolute atomic E-state index is 10.9. The lowest BCUT2D eigenvalue weighted by Crippen LogP contribution is -2.23. The van der Waals surface area contributed by atoms with Crippen molar-refractivity contribution in [1.82, 2.24) is 0 Å². The number of hydrogen-bond acceptors (Lipinski definition) is 4. The molecule has 0 aliphatic rings. The van der Waals surface area contributed by atoms with Crippen LogP contribution in [0.2, 0.25) is 0 Å². The molecule has 0 aliphatic heterocycles. The summed E-state index contributed by atoms with van der Waals surface area (Å²) < 4.78 is -0.0515. The van der Waals surface area contributed by atoms with Crippen molar-refractivity contribution < 1.29 is 19.1 Å². The Bertz CT molecular complexity index is 484. The number of urea groups is 2. The number of carbonyl (C=O) groups excluding carboxylic acids is 2. The van der Waals surface area contributed by atoms with E-state index in [0.717, 1.165) is 12.4 Å². The number of carbonyl (C=O) groups is 2. The summed E-state index contributed by atoms with van der Waals surface area (Å²) in [5.74, 6) is 0. The average Bonchev–Trinajstić information content (AvgIpc) is 2.31. The minimum Gasteiger partial charge on any atom is -0.708 e. The van der Waals surface area contributed by atoms with Crippen LogP contribution < -0.4 is 11.5 Å². The summed E-state index contributed by atoms with van der Waals surface area (Å²) in [6, 6.07) is 3.60. The molecule has 0 bridgehead atoms. The molecule has 94 valence electrons. The third kappa shape index (κ3) is 3.59. The summed E-state index contributed by atoms with van der Waals surface area (Å²) in [5, 5.41) is 21.8. The number of primary amides is 2. The van der Waals surface area contributed by atoms with Gasteiger partial charge in [-0.05, 0) is 0 Å². The van der Waals surface area contributed by atoms with Gasteiger partial charge < -0.3 is 10.4 Å². The van der Waals surface area contributed by atoms with Crippen LogP contribution in [0.15, 0.2) is 24.3 Å². The predicted octanol–water partition coefficient (Wildman–Crippen LogP) is -0.298. The number of nitrogens with zero attached hydrogens (tertiary/aromatic N) is 2. The topological polar surface area (TPSA) is 138 Å². The molecule has 8 nitrogen and oxygen atoms in total. The van der Waals surface area contributed by atoms with Gasteiger partial charge in [0.25, 0.3) is 0 Å². The summed E-state index contributed by atoms with van der Waals surface area (Å²) in [4.78, 5) is 21.0. The van der Waals surface area contributed by atoms with E-state index in [1.165, 1.54) is 24.3 Å². The monoisotopic (exact) mass is 250 g/mol. The molecule has 1 rings (SSSR count). The van der Waals surface area contributed by atoms with Gasteiger partial charge in [-0.1, -0.05) is 24.3 Å². The van der Waals surface area contributed by atoms with E-state index in [0.29, 0.717) is 11.1 Å². The van der Waals surface area contributed by atoms with Gasteiger partial charge in [-0.3, -0.25) is 11.5 Å². The highest BCUT2D eigenvalue weighted by Gasteiger charge is 2.01. The fourth-order valence-electron chi connectivity index (χ4n) is 1.07. The zero-order valence-corrected chi connectivity index (χ0v) is 9.15. The third-order valence-corrected chi connectivity index (χ3v) is 1.90. The van der Waals surface area contributed by atoms with E-state index in [1.807, 2.05) is 0 Å². The number of benzene rings is 1. The number of hydrogen-bond donors (Lipinski definition) is 2. The fourth-order valence-corrected chi connectivity index (χ4v) is 1.07. The quantitative estimate of drug-likeness (QED) is 0.322. The number of rotatable bonds is 2. The Morgan fingerprint density at radius 2 is 1.17 bits per heavy atom. The van der Waals surface area contributed by atoms with E-state index in [4.69, 9.17) is 11.5 Å². The van der Waals surface area contributed by atoms with Gasteiger partial charge in [0, 0.05) is 11.1 Å². The maximum atomic E-state index is 10.9. The summed E-state index contributed by atoms with van der Waals surface area (Å²) in [5.41, 5.74) is 10.3. The molecule has 0 aromatic heterocycles. The van der Waals surface area contributed by atoms with Crippen LogP contribution in [0.25, 0.3) is 0 Å². The number of nitrogens with two attached hydrogens (primary N) is 2. The molecular weight excluding hydrogens is 240 g/mol. The molecular formula is C10H10N4O4. The Hall–Kier alpha value is -2.90. The summed E-state index contributed by atoms with van der Waals surface area (Å²) in [6.45, 7) is 0. The van der Waals surface area contributed by atoms with Crippen molar-refractivity contribution in [2.75, 3.05) is 0 Å². The summed E-state index contributed by atoms with van der Waals surface area (Å²) in [7, 11) is 0. The first-order valence-corrected chi connectivity index (χ1v) is 4.71. The molecule has 4 amide bonds. The van der Waals surface area contributed by atoms with E-state index in [9.17, 15) is 20.0 Å². The van der Waals surface area contributed by atoms with Crippen molar-refractivity contribution in [3.05, 3.63) is 45.8 Å². The first-order chi connectivity index (χ1) is 8.40. The molecule has 0 fully saturated rings. The van der Waals surface area contributed by atoms with Crippen LogP contribution in [0.3, 0.4) is 0 Å². The second kappa shape index (κ2) is 5.43. The van der Waals surface area contributed by atoms with Crippen molar-refractivity contribution >= 4 is 24.5 Å². The van der Waals surface area contributed by atoms with Crippen LogP contribution in [0.5, 0.6) is 0 Å². The van der Waals surface area contributed by atoms with Crippen molar-refractivity contribution in [2.24, 2.45) is 11.5 Å². The molecule has 0 aliphatic carbocycles. The minimum atomic E-state index is -1.13. The molecule has 0 heterocycles. The number of amides is 4. The van der Waals surface area contributed by atoms with Crippen LogP contribution in [-0.4, -0.2) is 34.0 Å². The Kier molecular flexibility index (Phi) is 3.98. The highest BCUT2D eigenvalue weighted by atomic mass is 16.5. The van der Waals surface area contributed by atoms with Gasteiger partial charge >= 0.3 is 12.1 Å². The largest absolute Gasteiger partial charge is 0.708 e. The van der Waals surface area contributed by atoms with Gasteiger partial charge in [0.1, 0.15) is 12.4 Å². The molecule has 1 aromatic rings. The molecule has 8 heteroatoms. The SMILES string of the molecule is NC(=O)/[N+]([O-])=C/c1ccc(/C=[N+](/[O-])C(N)=O)cc1. The second-order valence-electron chi connectivity index (χ2n) is 3.25. The van der Waals surface area contributed by atoms with E-state index < -0.39 is 12.1 Å². The molecule has 1 aromatic carbocycles. The Morgan fingerprint density at radius 3 is 1.39 bits per heavy atom. The van der Waals surface area contributed by atoms with Crippen LogP contribution in [0.1, 0.15) is 11.1 Å². The molecule has 0 spiro atoms. The van der Waals surface area contributed by atoms with Crippen LogP contribution in [0.4, 0.5) is 9.59 Å². The first kappa shape index (κ1) is 13.2. The smallest absolute Gasteiger partial charge is 0.492 e. The molecule has 0 saturated carbocycles. The van der Waals surface area contributed by atoms with Crippen LogP contribution in [0, 0.1) is 10.4 Å². The molecule has 4 N–H and O–H groups in total. The Labute approximate surface area is 102 Å². The van der Waals surface area contributed by atoms with E-state index in [-0.39, 0.29) is 9.48 Å². The van der Waals surface area contributed by atoms with Crippen molar-refractivity contribution in [1.29, 1.82) is 0 Å². The van der Waals surface area contributed by atoms with Crippen LogP contribution in [-0.2, 0) is 0 Å². The zero-order valence-electron chi connectivity index (χ0n) is 9.15. The number of hydroxylamine groups is 2. The van der Waals surface area contributed by atoms with E-state index in [1.54, 1.807) is 0 Å². The van der Waals surface area contributed by atoms with Gasteiger partial charge in [-0.15, -0.1) is 0 Å². The van der Waals surface area contributed by atoms with Gasteiger partial charge in [-0.2, -0.15) is 9.59 Å². The minimum absolute atomic E-state index is 0.0258. The van der Waals surface area contributed by atoms with E-state index >= 15 is 0 Å². The van der Waals surface area contributed by atoms with Gasteiger partial charge in [-0.25, -0.2) is 9.48 Å². The lowest BCUT2D eigenvalue weighted by Gasteiger charge is -2.03. The predicted molar refractivity (Wildman–Crippen MR) is 63.2 cm³/mol. The highest BCUT2D eigenvalue weighted by molar-refractivity contribution is 5.84. The van der Waals surface area contributed by atoms with Crippen molar-refractivity contribution in [3.8, 4) is 0 Å². The lowest BCUT2D eigenvalue weighted by molar-refractivity contribution is -0.342. The van der Waals surface area contributed by atoms with Gasteiger partial charge in [0.2, 0.25) is 0 Å². The normalized spacial score (nSPS) is 12.2. The summed E-state index contributed by atoms with van der Waals surface area (Å²) >= 11 is 0. The molecule has 0 radical (unpaired) electrons. The molecule has 0 saturated heterocycles. The van der Waals surface area contributed by atoms with Gasteiger partial charge in [0.15, 0.2) is 0 Å². The molecule has 0 unspecified atom stereocenters. The standard InChI is InChI=1S/C10H10N4O4/c11-9(15)13(17)5-7-1-2-8(4-3-7)6-14(18)10(12)16/h1-6H,(H2,11,15)(H2,12,16)/b13-5-,14-6+. The van der Waals surface area contributed by atoms with Crippen LogP contribution >= 0.6 is 0 Å². The maximum Gasteiger partial charge on any atom is 0.492 e. The average molecular weight is 250 g/mol. The van der Waals surface area contributed by atoms with E-state index in [2.05, 4.69) is 0 Å². The highest BCUT2D eigenvalue weighted by Crippen LogP contribution is 2.00. The Morgan fingerprint density at radius 1 is 0.889 bits per heavy atom. The third-order valence-electron chi connectivity index (χ3n) is 1.90. The van der Waals surface area contributed by atoms with Crippen molar-refractivity contribution in [3.63, 3.8) is 0 Å². The van der Waals surface area contributed by atoms with Gasteiger partial charge in [0.05, 0.1) is 0 Å². The zero-order chi connectivity index (χ0) is 13.7. The molecule has 0 atom stereocenters. The second-order valence-corrected chi connectivity index (χ2v) is 3.25. The lowest BCUT2D eigenvalue weighted by atomic mass is 10.1.